The van der Waals surface area contributed by atoms with E-state index in [1.807, 2.05) is 29.1 Å². The van der Waals surface area contributed by atoms with Crippen LogP contribution in [0.4, 0.5) is 5.82 Å². The average molecular weight is 353 g/mol. The second-order valence-electron chi connectivity index (χ2n) is 7.46. The van der Waals surface area contributed by atoms with Crippen LogP contribution in [0.15, 0.2) is 36.7 Å². The Morgan fingerprint density at radius 2 is 1.88 bits per heavy atom. The second-order valence-corrected chi connectivity index (χ2v) is 7.46. The lowest BCUT2D eigenvalue weighted by atomic mass is 10.0. The molecule has 1 saturated heterocycles. The molecule has 0 bridgehead atoms. The minimum absolute atomic E-state index is 0.164. The van der Waals surface area contributed by atoms with Gasteiger partial charge in [0.05, 0.1) is 17.9 Å². The summed E-state index contributed by atoms with van der Waals surface area (Å²) >= 11 is 0. The SMILES string of the molecule is O=C(Nc1ccnn1C1CCN(Cc2ccccn2)CC1)C1CCCC1. The fourth-order valence-corrected chi connectivity index (χ4v) is 4.16. The van der Waals surface area contributed by atoms with E-state index < -0.39 is 0 Å². The quantitative estimate of drug-likeness (QED) is 0.896. The van der Waals surface area contributed by atoms with E-state index in [4.69, 9.17) is 0 Å². The number of nitrogens with zero attached hydrogens (tertiary/aromatic N) is 4. The largest absolute Gasteiger partial charge is 0.311 e. The van der Waals surface area contributed by atoms with Gasteiger partial charge in [0.25, 0.3) is 0 Å². The van der Waals surface area contributed by atoms with Crippen LogP contribution in [0.25, 0.3) is 0 Å². The fraction of sp³-hybridized carbons (Fsp3) is 0.550. The molecule has 0 atom stereocenters. The van der Waals surface area contributed by atoms with E-state index >= 15 is 0 Å². The molecule has 6 nitrogen and oxygen atoms in total. The van der Waals surface area contributed by atoms with Crippen LogP contribution >= 0.6 is 0 Å². The maximum absolute atomic E-state index is 12.4. The minimum Gasteiger partial charge on any atom is -0.311 e. The summed E-state index contributed by atoms with van der Waals surface area (Å²) in [6.07, 6.45) is 10.1. The third kappa shape index (κ3) is 3.96. The molecular weight excluding hydrogens is 326 g/mol. The summed E-state index contributed by atoms with van der Waals surface area (Å²) in [5.41, 5.74) is 1.12. The maximum Gasteiger partial charge on any atom is 0.228 e. The third-order valence-electron chi connectivity index (χ3n) is 5.66. The Labute approximate surface area is 154 Å². The number of pyridine rings is 1. The Hall–Kier alpha value is -2.21. The molecule has 3 heterocycles. The Kier molecular flexibility index (Phi) is 5.29. The van der Waals surface area contributed by atoms with Crippen molar-refractivity contribution in [1.29, 1.82) is 0 Å². The predicted octanol–water partition coefficient (Wildman–Crippen LogP) is 3.24. The van der Waals surface area contributed by atoms with Gasteiger partial charge in [-0.05, 0) is 37.8 Å². The lowest BCUT2D eigenvalue weighted by molar-refractivity contribution is -0.119. The highest BCUT2D eigenvalue weighted by molar-refractivity contribution is 5.91. The van der Waals surface area contributed by atoms with Gasteiger partial charge in [-0.1, -0.05) is 18.9 Å². The molecular formula is C20H27N5O. The average Bonchev–Trinajstić information content (AvgIpc) is 3.35. The first-order chi connectivity index (χ1) is 12.8. The number of hydrogen-bond acceptors (Lipinski definition) is 4. The van der Waals surface area contributed by atoms with Crippen molar-refractivity contribution in [3.05, 3.63) is 42.4 Å². The van der Waals surface area contributed by atoms with Gasteiger partial charge in [0, 0.05) is 37.8 Å². The summed E-state index contributed by atoms with van der Waals surface area (Å²) in [4.78, 5) is 19.3. The van der Waals surface area contributed by atoms with E-state index in [0.717, 1.165) is 56.8 Å². The van der Waals surface area contributed by atoms with Crippen molar-refractivity contribution in [3.8, 4) is 0 Å². The van der Waals surface area contributed by atoms with Crippen LogP contribution in [-0.4, -0.2) is 38.7 Å². The Morgan fingerprint density at radius 3 is 2.62 bits per heavy atom. The number of aromatic nitrogens is 3. The van der Waals surface area contributed by atoms with Gasteiger partial charge in [-0.25, -0.2) is 4.68 Å². The van der Waals surface area contributed by atoms with Gasteiger partial charge in [0.1, 0.15) is 5.82 Å². The van der Waals surface area contributed by atoms with E-state index in [-0.39, 0.29) is 11.8 Å². The zero-order chi connectivity index (χ0) is 17.8. The van der Waals surface area contributed by atoms with E-state index in [2.05, 4.69) is 26.4 Å². The van der Waals surface area contributed by atoms with Crippen LogP contribution in [0.3, 0.4) is 0 Å². The molecule has 0 radical (unpaired) electrons. The van der Waals surface area contributed by atoms with Crippen LogP contribution in [0.1, 0.15) is 50.3 Å². The number of hydrogen-bond donors (Lipinski definition) is 1. The van der Waals surface area contributed by atoms with Crippen molar-refractivity contribution in [2.45, 2.75) is 51.1 Å². The summed E-state index contributed by atoms with van der Waals surface area (Å²) in [6, 6.07) is 8.35. The molecule has 2 aromatic heterocycles. The van der Waals surface area contributed by atoms with Crippen LogP contribution in [0, 0.1) is 5.92 Å². The second kappa shape index (κ2) is 7.99. The lowest BCUT2D eigenvalue weighted by Crippen LogP contribution is -2.35. The number of rotatable bonds is 5. The molecule has 4 rings (SSSR count). The zero-order valence-corrected chi connectivity index (χ0v) is 15.2. The van der Waals surface area contributed by atoms with Crippen LogP contribution in [-0.2, 0) is 11.3 Å². The number of anilines is 1. The van der Waals surface area contributed by atoms with Gasteiger partial charge >= 0.3 is 0 Å². The first kappa shape index (κ1) is 17.2. The molecule has 0 aromatic carbocycles. The minimum atomic E-state index is 0.164. The molecule has 26 heavy (non-hydrogen) atoms. The van der Waals surface area contributed by atoms with Crippen LogP contribution in [0.2, 0.25) is 0 Å². The summed E-state index contributed by atoms with van der Waals surface area (Å²) < 4.78 is 2.02. The third-order valence-corrected chi connectivity index (χ3v) is 5.66. The van der Waals surface area contributed by atoms with E-state index in [1.165, 1.54) is 12.8 Å². The maximum atomic E-state index is 12.4. The first-order valence-corrected chi connectivity index (χ1v) is 9.76. The molecule has 2 aliphatic rings. The van der Waals surface area contributed by atoms with Gasteiger partial charge in [0.2, 0.25) is 5.91 Å². The first-order valence-electron chi connectivity index (χ1n) is 9.76. The molecule has 1 N–H and O–H groups in total. The summed E-state index contributed by atoms with van der Waals surface area (Å²) in [6.45, 7) is 2.95. The molecule has 0 unspecified atom stereocenters. The van der Waals surface area contributed by atoms with E-state index in [0.29, 0.717) is 6.04 Å². The summed E-state index contributed by atoms with van der Waals surface area (Å²) in [5, 5.41) is 7.62. The van der Waals surface area contributed by atoms with Gasteiger partial charge in [-0.15, -0.1) is 0 Å². The van der Waals surface area contributed by atoms with Crippen molar-refractivity contribution in [3.63, 3.8) is 0 Å². The van der Waals surface area contributed by atoms with Gasteiger partial charge in [0.15, 0.2) is 0 Å². The number of nitrogens with one attached hydrogen (secondary N) is 1. The number of carbonyl (C=O) groups is 1. The Balaban J connectivity index is 1.33. The molecule has 138 valence electrons. The Morgan fingerprint density at radius 1 is 1.08 bits per heavy atom. The van der Waals surface area contributed by atoms with E-state index in [9.17, 15) is 4.79 Å². The molecule has 1 aliphatic carbocycles. The van der Waals surface area contributed by atoms with Crippen LogP contribution in [0.5, 0.6) is 0 Å². The number of likely N-dealkylation sites (tertiary alicyclic amines) is 1. The molecule has 0 spiro atoms. The smallest absolute Gasteiger partial charge is 0.228 e. The molecule has 1 saturated carbocycles. The van der Waals surface area contributed by atoms with Crippen molar-refractivity contribution in [2.75, 3.05) is 18.4 Å². The number of carbonyl (C=O) groups excluding carboxylic acids is 1. The summed E-state index contributed by atoms with van der Waals surface area (Å²) in [7, 11) is 0. The highest BCUT2D eigenvalue weighted by atomic mass is 16.2. The standard InChI is InChI=1S/C20H27N5O/c26-20(16-5-1-2-6-16)23-19-8-12-22-25(19)18-9-13-24(14-10-18)15-17-7-3-4-11-21-17/h3-4,7-8,11-12,16,18H,1-2,5-6,9-10,13-15H2,(H,23,26). The highest BCUT2D eigenvalue weighted by Crippen LogP contribution is 2.28. The predicted molar refractivity (Wildman–Crippen MR) is 101 cm³/mol. The van der Waals surface area contributed by atoms with Crippen molar-refractivity contribution in [2.24, 2.45) is 5.92 Å². The molecule has 6 heteroatoms. The fourth-order valence-electron chi connectivity index (χ4n) is 4.16. The van der Waals surface area contributed by atoms with Crippen molar-refractivity contribution >= 4 is 11.7 Å². The normalized spacial score (nSPS) is 19.7. The Bertz CT molecular complexity index is 715. The van der Waals surface area contributed by atoms with E-state index in [1.54, 1.807) is 6.20 Å². The molecule has 2 fully saturated rings. The van der Waals surface area contributed by atoms with Gasteiger partial charge in [-0.3, -0.25) is 14.7 Å². The van der Waals surface area contributed by atoms with Crippen LogP contribution < -0.4 is 5.32 Å². The van der Waals surface area contributed by atoms with Gasteiger partial charge < -0.3 is 5.32 Å². The van der Waals surface area contributed by atoms with Crippen molar-refractivity contribution in [1.82, 2.24) is 19.7 Å². The topological polar surface area (TPSA) is 63.1 Å². The number of amides is 1. The monoisotopic (exact) mass is 353 g/mol. The molecule has 1 aliphatic heterocycles. The lowest BCUT2D eigenvalue weighted by Gasteiger charge is -2.32. The summed E-state index contributed by atoms with van der Waals surface area (Å²) in [5.74, 6) is 1.19. The highest BCUT2D eigenvalue weighted by Gasteiger charge is 2.26. The van der Waals surface area contributed by atoms with Gasteiger partial charge in [-0.2, -0.15) is 5.10 Å². The molecule has 2 aromatic rings. The van der Waals surface area contributed by atoms with Crippen molar-refractivity contribution < 1.29 is 4.79 Å². The number of piperidine rings is 1. The zero-order valence-electron chi connectivity index (χ0n) is 15.2. The molecule has 1 amide bonds.